The minimum Gasteiger partial charge on any atom is -0.486 e. The Morgan fingerprint density at radius 2 is 2.10 bits per heavy atom. The summed E-state index contributed by atoms with van der Waals surface area (Å²) in [5.41, 5.74) is 0.622. The first-order valence-electron chi connectivity index (χ1n) is 13.5. The van der Waals surface area contributed by atoms with Gasteiger partial charge in [0.25, 0.3) is 0 Å². The van der Waals surface area contributed by atoms with Crippen LogP contribution >= 0.6 is 0 Å². The molecule has 13 heteroatoms. The summed E-state index contributed by atoms with van der Waals surface area (Å²) in [7, 11) is 1.53. The Bertz CT molecular complexity index is 1400. The van der Waals surface area contributed by atoms with Crippen LogP contribution in [-0.2, 0) is 11.8 Å². The molecule has 0 amide bonds. The van der Waals surface area contributed by atoms with Crippen molar-refractivity contribution in [2.45, 2.75) is 69.7 Å². The van der Waals surface area contributed by atoms with Gasteiger partial charge in [0.2, 0.25) is 5.95 Å². The van der Waals surface area contributed by atoms with Gasteiger partial charge in [0.1, 0.15) is 17.5 Å². The minimum atomic E-state index is -0.499. The Kier molecular flexibility index (Phi) is 6.71. The minimum absolute atomic E-state index is 0.0466. The summed E-state index contributed by atoms with van der Waals surface area (Å²) in [6.07, 6.45) is 6.04. The molecule has 12 nitrogen and oxygen atoms in total. The summed E-state index contributed by atoms with van der Waals surface area (Å²) in [6.45, 7) is 6.75. The molecule has 3 atom stereocenters. The highest BCUT2D eigenvalue weighted by molar-refractivity contribution is 5.62. The second-order valence-corrected chi connectivity index (χ2v) is 11.2. The van der Waals surface area contributed by atoms with Crippen LogP contribution in [0, 0.1) is 5.82 Å². The first-order chi connectivity index (χ1) is 18.8. The molecule has 39 heavy (non-hydrogen) atoms. The number of ether oxygens (including phenoxy) is 2. The van der Waals surface area contributed by atoms with E-state index in [0.717, 1.165) is 30.5 Å². The molecule has 208 valence electrons. The van der Waals surface area contributed by atoms with E-state index in [1.807, 2.05) is 0 Å². The summed E-state index contributed by atoms with van der Waals surface area (Å²) in [6, 6.07) is 5.86. The SMILES string of the molecule is Cn1nnn(-c2cc(Nc3ncc(F)c(NC4CC5CCCN5C(C)(C)C4)n3)ccc2O[C@H]2CCOC2)c1=O. The number of fused-ring (bicyclic) bond motifs is 1. The van der Waals surface area contributed by atoms with Gasteiger partial charge in [-0.05, 0) is 74.7 Å². The van der Waals surface area contributed by atoms with Crippen LogP contribution in [0.1, 0.15) is 46.0 Å². The number of piperidine rings is 1. The van der Waals surface area contributed by atoms with Gasteiger partial charge in [0.15, 0.2) is 11.6 Å². The fourth-order valence-corrected chi connectivity index (χ4v) is 6.08. The Morgan fingerprint density at radius 1 is 1.23 bits per heavy atom. The quantitative estimate of drug-likeness (QED) is 0.463. The van der Waals surface area contributed by atoms with E-state index in [2.05, 4.69) is 49.8 Å². The summed E-state index contributed by atoms with van der Waals surface area (Å²) >= 11 is 0. The van der Waals surface area contributed by atoms with Gasteiger partial charge in [0.05, 0.1) is 19.4 Å². The van der Waals surface area contributed by atoms with Crippen LogP contribution in [0.4, 0.5) is 21.8 Å². The van der Waals surface area contributed by atoms with Gasteiger partial charge >= 0.3 is 5.69 Å². The third-order valence-electron chi connectivity index (χ3n) is 7.89. The molecule has 3 aromatic rings. The van der Waals surface area contributed by atoms with Crippen molar-refractivity contribution in [2.24, 2.45) is 7.05 Å². The van der Waals surface area contributed by atoms with Gasteiger partial charge in [-0.3, -0.25) is 4.90 Å². The number of halogens is 1. The second kappa shape index (κ2) is 10.2. The Hall–Kier alpha value is -3.58. The van der Waals surface area contributed by atoms with E-state index in [1.165, 1.54) is 30.8 Å². The van der Waals surface area contributed by atoms with Crippen LogP contribution in [0.25, 0.3) is 5.69 Å². The average molecular weight is 540 g/mol. The van der Waals surface area contributed by atoms with E-state index in [0.29, 0.717) is 36.4 Å². The molecular formula is C26H34FN9O3. The van der Waals surface area contributed by atoms with Crippen molar-refractivity contribution in [3.05, 3.63) is 40.7 Å². The zero-order valence-corrected chi connectivity index (χ0v) is 22.4. The molecule has 0 saturated carbocycles. The van der Waals surface area contributed by atoms with Gasteiger partial charge < -0.3 is 20.1 Å². The standard InChI is InChI=1S/C26H34FN9O3/c1-26(2)13-17(11-18-5-4-9-35(18)26)29-23-20(27)14-28-24(31-23)30-16-6-7-22(39-19-8-10-38-15-19)21(12-16)36-25(37)34(3)32-33-36/h6-7,12,14,17-19H,4-5,8-11,13,15H2,1-3H3,(H2,28,29,30,31)/t17?,18?,19-/m0/s1. The number of aryl methyl sites for hydroxylation is 1. The molecular weight excluding hydrogens is 505 g/mol. The molecule has 1 aromatic carbocycles. The molecule has 6 rings (SSSR count). The molecule has 5 heterocycles. The van der Waals surface area contributed by atoms with Crippen LogP contribution in [0.3, 0.4) is 0 Å². The summed E-state index contributed by atoms with van der Waals surface area (Å²) < 4.78 is 28.6. The molecule has 2 N–H and O–H groups in total. The lowest BCUT2D eigenvalue weighted by molar-refractivity contribution is 0.0500. The highest BCUT2D eigenvalue weighted by Gasteiger charge is 2.43. The number of aromatic nitrogens is 6. The molecule has 0 aliphatic carbocycles. The molecule has 2 unspecified atom stereocenters. The van der Waals surface area contributed by atoms with Crippen LogP contribution in [0.5, 0.6) is 5.75 Å². The lowest BCUT2D eigenvalue weighted by atomic mass is 9.84. The highest BCUT2D eigenvalue weighted by Crippen LogP contribution is 2.38. The Morgan fingerprint density at radius 3 is 2.87 bits per heavy atom. The number of benzene rings is 1. The molecule has 0 spiro atoms. The second-order valence-electron chi connectivity index (χ2n) is 11.2. The van der Waals surface area contributed by atoms with Crippen molar-refractivity contribution in [3.8, 4) is 11.4 Å². The van der Waals surface area contributed by atoms with Crippen LogP contribution in [0.15, 0.2) is 29.2 Å². The number of anilines is 3. The van der Waals surface area contributed by atoms with E-state index in [4.69, 9.17) is 9.47 Å². The smallest absolute Gasteiger partial charge is 0.368 e. The van der Waals surface area contributed by atoms with E-state index in [9.17, 15) is 9.18 Å². The molecule has 0 bridgehead atoms. The van der Waals surface area contributed by atoms with E-state index in [1.54, 1.807) is 18.2 Å². The lowest BCUT2D eigenvalue weighted by Gasteiger charge is -2.47. The van der Waals surface area contributed by atoms with Crippen LogP contribution in [0.2, 0.25) is 0 Å². The fourth-order valence-electron chi connectivity index (χ4n) is 6.08. The van der Waals surface area contributed by atoms with E-state index < -0.39 is 11.5 Å². The largest absolute Gasteiger partial charge is 0.486 e. The molecule has 3 fully saturated rings. The maximum atomic E-state index is 14.8. The highest BCUT2D eigenvalue weighted by atomic mass is 19.1. The molecule has 3 aliphatic heterocycles. The van der Waals surface area contributed by atoms with E-state index in [-0.39, 0.29) is 29.5 Å². The predicted octanol–water partition coefficient (Wildman–Crippen LogP) is 2.62. The summed E-state index contributed by atoms with van der Waals surface area (Å²) in [4.78, 5) is 23.8. The van der Waals surface area contributed by atoms with Gasteiger partial charge in [-0.2, -0.15) is 14.3 Å². The third-order valence-corrected chi connectivity index (χ3v) is 7.89. The van der Waals surface area contributed by atoms with Crippen molar-refractivity contribution in [1.29, 1.82) is 0 Å². The first kappa shape index (κ1) is 25.7. The third kappa shape index (κ3) is 5.20. The van der Waals surface area contributed by atoms with Crippen molar-refractivity contribution >= 4 is 17.5 Å². The summed E-state index contributed by atoms with van der Waals surface area (Å²) in [5, 5.41) is 14.3. The lowest BCUT2D eigenvalue weighted by Crippen LogP contribution is -2.55. The van der Waals surface area contributed by atoms with Gasteiger partial charge in [-0.1, -0.05) is 0 Å². The molecule has 0 radical (unpaired) electrons. The Labute approximate surface area is 225 Å². The number of nitrogens with one attached hydrogen (secondary N) is 2. The zero-order valence-electron chi connectivity index (χ0n) is 22.4. The Balaban J connectivity index is 1.24. The molecule has 3 aliphatic rings. The van der Waals surface area contributed by atoms with Crippen LogP contribution in [-0.4, -0.2) is 78.1 Å². The van der Waals surface area contributed by atoms with Gasteiger partial charge in [-0.15, -0.1) is 0 Å². The fraction of sp³-hybridized carbons (Fsp3) is 0.577. The first-order valence-corrected chi connectivity index (χ1v) is 13.5. The number of hydrogen-bond donors (Lipinski definition) is 2. The predicted molar refractivity (Wildman–Crippen MR) is 142 cm³/mol. The molecule has 2 aromatic heterocycles. The van der Waals surface area contributed by atoms with Crippen LogP contribution < -0.4 is 21.1 Å². The van der Waals surface area contributed by atoms with Crippen molar-refractivity contribution in [2.75, 3.05) is 30.4 Å². The zero-order chi connectivity index (χ0) is 27.1. The monoisotopic (exact) mass is 539 g/mol. The van der Waals surface area contributed by atoms with E-state index >= 15 is 0 Å². The maximum absolute atomic E-state index is 14.8. The summed E-state index contributed by atoms with van der Waals surface area (Å²) in [5.74, 6) is 0.376. The van der Waals surface area contributed by atoms with Crippen molar-refractivity contribution in [3.63, 3.8) is 0 Å². The number of tetrazole rings is 1. The number of rotatable bonds is 7. The maximum Gasteiger partial charge on any atom is 0.368 e. The topological polar surface area (TPSA) is 124 Å². The normalized spacial score (nSPS) is 24.5. The van der Waals surface area contributed by atoms with Crippen molar-refractivity contribution < 1.29 is 13.9 Å². The number of nitrogens with zero attached hydrogens (tertiary/aromatic N) is 7. The number of hydrogen-bond acceptors (Lipinski definition) is 10. The van der Waals surface area contributed by atoms with Crippen molar-refractivity contribution in [1.82, 2.24) is 34.7 Å². The van der Waals surface area contributed by atoms with Gasteiger partial charge in [0, 0.05) is 36.8 Å². The molecule has 3 saturated heterocycles. The average Bonchev–Trinajstić information content (AvgIpc) is 3.65. The van der Waals surface area contributed by atoms with Gasteiger partial charge in [-0.25, -0.2) is 14.2 Å².